The second kappa shape index (κ2) is 4.99. The second-order valence-electron chi connectivity index (χ2n) is 4.90. The summed E-state index contributed by atoms with van der Waals surface area (Å²) in [4.78, 5) is 22.0. The van der Waals surface area contributed by atoms with Crippen molar-refractivity contribution >= 4 is 11.6 Å². The molecule has 1 fully saturated rings. The summed E-state index contributed by atoms with van der Waals surface area (Å²) in [6, 6.07) is 4.38. The van der Waals surface area contributed by atoms with Crippen LogP contribution in [0.2, 0.25) is 0 Å². The molecule has 1 aliphatic heterocycles. The average molecular weight is 278 g/mol. The monoisotopic (exact) mass is 278 g/mol. The maximum Gasteiger partial charge on any atom is 0.234 e. The lowest BCUT2D eigenvalue weighted by atomic mass is 10.2. The number of nitrogens with zero attached hydrogens (tertiary/aromatic N) is 1. The molecule has 7 nitrogen and oxygen atoms in total. The fraction of sp³-hybridized carbons (Fsp3) is 0.462. The molecule has 1 aromatic carbocycles. The molecule has 1 aliphatic carbocycles. The number of ether oxygens (including phenoxy) is 2. The Balaban J connectivity index is 1.68. The highest BCUT2D eigenvalue weighted by molar-refractivity contribution is 5.95. The topological polar surface area (TPSA) is 90.7 Å². The van der Waals surface area contributed by atoms with Gasteiger partial charge < -0.3 is 14.8 Å². The van der Waals surface area contributed by atoms with Crippen LogP contribution < -0.4 is 14.8 Å². The van der Waals surface area contributed by atoms with E-state index in [-0.39, 0.29) is 5.91 Å². The Morgan fingerprint density at radius 2 is 2.05 bits per heavy atom. The van der Waals surface area contributed by atoms with Gasteiger partial charge in [-0.3, -0.25) is 14.9 Å². The molecular weight excluding hydrogens is 264 g/mol. The van der Waals surface area contributed by atoms with E-state index in [1.54, 1.807) is 18.2 Å². The van der Waals surface area contributed by atoms with E-state index in [2.05, 4.69) is 5.32 Å². The summed E-state index contributed by atoms with van der Waals surface area (Å²) < 4.78 is 11.0. The Bertz CT molecular complexity index is 560. The Hall–Kier alpha value is -2.31. The summed E-state index contributed by atoms with van der Waals surface area (Å²) in [6.45, 7) is 1.17. The first-order chi connectivity index (χ1) is 9.65. The highest BCUT2D eigenvalue weighted by Crippen LogP contribution is 2.36. The third kappa shape index (κ3) is 2.52. The van der Waals surface area contributed by atoms with Crippen LogP contribution in [0, 0.1) is 16.0 Å². The van der Waals surface area contributed by atoms with E-state index >= 15 is 0 Å². The summed E-state index contributed by atoms with van der Waals surface area (Å²) in [6.07, 6.45) is 1.12. The highest BCUT2D eigenvalue weighted by atomic mass is 16.6. The molecule has 1 aromatic rings. The lowest BCUT2D eigenvalue weighted by Crippen LogP contribution is -2.18. The van der Waals surface area contributed by atoms with Gasteiger partial charge in [-0.15, -0.1) is 0 Å². The number of fused-ring (bicyclic) bond motifs is 1. The maximum atomic E-state index is 11.8. The smallest absolute Gasteiger partial charge is 0.234 e. The first kappa shape index (κ1) is 12.7. The van der Waals surface area contributed by atoms with Crippen LogP contribution >= 0.6 is 0 Å². The van der Waals surface area contributed by atoms with Crippen molar-refractivity contribution in [3.05, 3.63) is 28.3 Å². The quantitative estimate of drug-likeness (QED) is 0.667. The maximum absolute atomic E-state index is 11.8. The molecule has 0 bridgehead atoms. The van der Waals surface area contributed by atoms with Gasteiger partial charge >= 0.3 is 0 Å². The molecule has 0 radical (unpaired) electrons. The first-order valence-corrected chi connectivity index (χ1v) is 6.49. The zero-order valence-corrected chi connectivity index (χ0v) is 10.7. The van der Waals surface area contributed by atoms with Gasteiger partial charge in [-0.05, 0) is 12.1 Å². The van der Waals surface area contributed by atoms with Crippen molar-refractivity contribution in [3.8, 4) is 11.5 Å². The highest BCUT2D eigenvalue weighted by Gasteiger charge is 2.53. The number of anilines is 1. The normalized spacial score (nSPS) is 23.6. The summed E-state index contributed by atoms with van der Waals surface area (Å²) in [5.41, 5.74) is 0.563. The predicted molar refractivity (Wildman–Crippen MR) is 69.6 cm³/mol. The van der Waals surface area contributed by atoms with Crippen LogP contribution in [0.25, 0.3) is 0 Å². The van der Waals surface area contributed by atoms with Gasteiger partial charge in [-0.1, -0.05) is 0 Å². The largest absolute Gasteiger partial charge is 0.490 e. The Morgan fingerprint density at radius 1 is 1.30 bits per heavy atom. The van der Waals surface area contributed by atoms with Crippen LogP contribution in [0.1, 0.15) is 12.8 Å². The van der Waals surface area contributed by atoms with E-state index in [9.17, 15) is 14.9 Å². The zero-order chi connectivity index (χ0) is 14.1. The third-order valence-corrected chi connectivity index (χ3v) is 3.38. The zero-order valence-electron chi connectivity index (χ0n) is 10.7. The minimum absolute atomic E-state index is 0.309. The fourth-order valence-corrected chi connectivity index (χ4v) is 2.17. The Morgan fingerprint density at radius 3 is 2.75 bits per heavy atom. The van der Waals surface area contributed by atoms with E-state index in [0.717, 1.165) is 6.42 Å². The number of amides is 1. The number of carbonyl (C=O) groups excluding carboxylic acids is 1. The molecule has 2 atom stereocenters. The second-order valence-corrected chi connectivity index (χ2v) is 4.90. The molecule has 3 rings (SSSR count). The summed E-state index contributed by atoms with van der Waals surface area (Å²) in [7, 11) is 0. The molecule has 106 valence electrons. The molecule has 7 heteroatoms. The third-order valence-electron chi connectivity index (χ3n) is 3.38. The van der Waals surface area contributed by atoms with Crippen LogP contribution in [-0.4, -0.2) is 30.1 Å². The molecule has 1 amide bonds. The number of rotatable bonds is 3. The number of nitro groups is 1. The van der Waals surface area contributed by atoms with Gasteiger partial charge in [-0.2, -0.15) is 0 Å². The minimum Gasteiger partial charge on any atom is -0.490 e. The average Bonchev–Trinajstić information content (AvgIpc) is 3.22. The van der Waals surface area contributed by atoms with Crippen LogP contribution in [0.5, 0.6) is 11.5 Å². The Labute approximate surface area is 115 Å². The summed E-state index contributed by atoms with van der Waals surface area (Å²) in [5, 5.41) is 13.2. The molecule has 2 aliphatic rings. The van der Waals surface area contributed by atoms with Gasteiger partial charge in [0.2, 0.25) is 11.9 Å². The molecule has 0 aromatic heterocycles. The van der Waals surface area contributed by atoms with Gasteiger partial charge in [0.05, 0.1) is 13.2 Å². The van der Waals surface area contributed by atoms with Gasteiger partial charge in [0, 0.05) is 29.5 Å². The van der Waals surface area contributed by atoms with Crippen LogP contribution in [0.3, 0.4) is 0 Å². The number of nitrogens with one attached hydrogen (secondary N) is 1. The Kier molecular flexibility index (Phi) is 3.17. The molecule has 1 N–H and O–H groups in total. The molecule has 0 spiro atoms. The minimum atomic E-state index is -0.740. The molecule has 1 heterocycles. The fourth-order valence-electron chi connectivity index (χ4n) is 2.17. The SMILES string of the molecule is O=C(Nc1ccc2c(c1)OCCCO2)[C@@H]1C[C@@H]1[N+](=O)[O-]. The number of benzene rings is 1. The molecule has 0 saturated heterocycles. The van der Waals surface area contributed by atoms with E-state index < -0.39 is 16.9 Å². The summed E-state index contributed by atoms with van der Waals surface area (Å²) in [5.74, 6) is 0.388. The van der Waals surface area contributed by atoms with Crippen molar-refractivity contribution in [2.45, 2.75) is 18.9 Å². The van der Waals surface area contributed by atoms with E-state index in [1.807, 2.05) is 0 Å². The lowest BCUT2D eigenvalue weighted by molar-refractivity contribution is -0.497. The lowest BCUT2D eigenvalue weighted by Gasteiger charge is -2.10. The summed E-state index contributed by atoms with van der Waals surface area (Å²) >= 11 is 0. The van der Waals surface area contributed by atoms with Gasteiger partial charge in [0.25, 0.3) is 0 Å². The van der Waals surface area contributed by atoms with E-state index in [1.165, 1.54) is 0 Å². The molecule has 1 saturated carbocycles. The molecule has 0 unspecified atom stereocenters. The van der Waals surface area contributed by atoms with Crippen molar-refractivity contribution in [3.63, 3.8) is 0 Å². The van der Waals surface area contributed by atoms with Crippen molar-refractivity contribution in [2.75, 3.05) is 18.5 Å². The van der Waals surface area contributed by atoms with E-state index in [4.69, 9.17) is 9.47 Å². The molecular formula is C13H14N2O5. The van der Waals surface area contributed by atoms with Crippen molar-refractivity contribution in [1.82, 2.24) is 0 Å². The molecule has 20 heavy (non-hydrogen) atoms. The van der Waals surface area contributed by atoms with Crippen molar-refractivity contribution < 1.29 is 19.2 Å². The van der Waals surface area contributed by atoms with Crippen molar-refractivity contribution in [2.24, 2.45) is 5.92 Å². The van der Waals surface area contributed by atoms with Gasteiger partial charge in [0.15, 0.2) is 11.5 Å². The first-order valence-electron chi connectivity index (χ1n) is 6.49. The van der Waals surface area contributed by atoms with E-state index in [0.29, 0.717) is 36.8 Å². The standard InChI is InChI=1S/C13H14N2O5/c16-13(9-7-10(9)15(17)18)14-8-2-3-11-12(6-8)20-5-1-4-19-11/h2-3,6,9-10H,1,4-5,7H2,(H,14,16)/t9-,10+/m1/s1. The van der Waals surface area contributed by atoms with Gasteiger partial charge in [-0.25, -0.2) is 0 Å². The number of hydrogen-bond donors (Lipinski definition) is 1. The predicted octanol–water partition coefficient (Wildman–Crippen LogP) is 1.45. The van der Waals surface area contributed by atoms with Crippen LogP contribution in [0.4, 0.5) is 5.69 Å². The van der Waals surface area contributed by atoms with Crippen molar-refractivity contribution in [1.29, 1.82) is 0 Å². The number of carbonyl (C=O) groups is 1. The number of hydrogen-bond acceptors (Lipinski definition) is 5. The van der Waals surface area contributed by atoms with Gasteiger partial charge in [0.1, 0.15) is 5.92 Å². The van der Waals surface area contributed by atoms with Crippen LogP contribution in [0.15, 0.2) is 18.2 Å². The van der Waals surface area contributed by atoms with Crippen LogP contribution in [-0.2, 0) is 4.79 Å².